The van der Waals surface area contributed by atoms with Gasteiger partial charge in [0.25, 0.3) is 0 Å². The number of nitrogens with zero attached hydrogens (tertiary/aromatic N) is 5. The fourth-order valence-electron chi connectivity index (χ4n) is 6.08. The lowest BCUT2D eigenvalue weighted by Gasteiger charge is -2.60. The molecule has 7 heteroatoms. The molecule has 146 valence electrons. The van der Waals surface area contributed by atoms with Gasteiger partial charge >= 0.3 is 0 Å². The van der Waals surface area contributed by atoms with Crippen LogP contribution in [0, 0.1) is 29.1 Å². The SMILES string of the molecule is CC(C)n1cnnc1SCC(=O)N(CCC#N)C12CC3CC(CC(C3)C1)C2. The molecule has 1 aromatic rings. The zero-order valence-corrected chi connectivity index (χ0v) is 17.1. The summed E-state index contributed by atoms with van der Waals surface area (Å²) in [7, 11) is 0. The van der Waals surface area contributed by atoms with Gasteiger partial charge in [-0.3, -0.25) is 4.79 Å². The second-order valence-electron chi connectivity index (χ2n) is 9.00. The summed E-state index contributed by atoms with van der Waals surface area (Å²) in [5, 5.41) is 18.1. The Kier molecular flexibility index (Phi) is 5.19. The Labute approximate surface area is 165 Å². The molecule has 0 radical (unpaired) electrons. The van der Waals surface area contributed by atoms with Gasteiger partial charge in [0.05, 0.1) is 18.2 Å². The minimum atomic E-state index is 0.00889. The van der Waals surface area contributed by atoms with E-state index in [-0.39, 0.29) is 17.5 Å². The Morgan fingerprint density at radius 3 is 2.52 bits per heavy atom. The second kappa shape index (κ2) is 7.46. The first kappa shape index (κ1) is 18.8. The molecular formula is C20H29N5OS. The van der Waals surface area contributed by atoms with E-state index in [4.69, 9.17) is 5.26 Å². The lowest BCUT2D eigenvalue weighted by molar-refractivity contribution is -0.147. The summed E-state index contributed by atoms with van der Waals surface area (Å²) in [6.45, 7) is 4.74. The molecule has 0 atom stereocenters. The monoisotopic (exact) mass is 387 g/mol. The third-order valence-corrected chi connectivity index (χ3v) is 7.69. The Balaban J connectivity index is 1.49. The van der Waals surface area contributed by atoms with Gasteiger partial charge in [-0.15, -0.1) is 10.2 Å². The molecule has 0 unspecified atom stereocenters. The van der Waals surface area contributed by atoms with Crippen molar-refractivity contribution in [1.29, 1.82) is 5.26 Å². The summed E-state index contributed by atoms with van der Waals surface area (Å²) >= 11 is 1.47. The summed E-state index contributed by atoms with van der Waals surface area (Å²) in [4.78, 5) is 15.4. The van der Waals surface area contributed by atoms with Crippen LogP contribution in [0.4, 0.5) is 0 Å². The van der Waals surface area contributed by atoms with Crippen LogP contribution in [0.25, 0.3) is 0 Å². The fraction of sp³-hybridized carbons (Fsp3) is 0.800. The molecule has 0 saturated heterocycles. The highest BCUT2D eigenvalue weighted by Crippen LogP contribution is 2.57. The van der Waals surface area contributed by atoms with Crippen LogP contribution in [-0.2, 0) is 4.79 Å². The average Bonchev–Trinajstić information content (AvgIpc) is 3.08. The first-order chi connectivity index (χ1) is 13.0. The van der Waals surface area contributed by atoms with Crippen molar-refractivity contribution in [1.82, 2.24) is 19.7 Å². The second-order valence-corrected chi connectivity index (χ2v) is 9.94. The minimum absolute atomic E-state index is 0.00889. The topological polar surface area (TPSA) is 74.8 Å². The van der Waals surface area contributed by atoms with Gasteiger partial charge in [0.1, 0.15) is 6.33 Å². The van der Waals surface area contributed by atoms with E-state index in [1.165, 1.54) is 31.0 Å². The van der Waals surface area contributed by atoms with Crippen LogP contribution in [0.1, 0.15) is 64.8 Å². The van der Waals surface area contributed by atoms with E-state index in [0.29, 0.717) is 18.7 Å². The number of carbonyl (C=O) groups excluding carboxylic acids is 1. The van der Waals surface area contributed by atoms with E-state index in [1.807, 2.05) is 4.57 Å². The molecule has 4 bridgehead atoms. The normalized spacial score (nSPS) is 31.3. The zero-order valence-electron chi connectivity index (χ0n) is 16.3. The molecule has 6 nitrogen and oxygen atoms in total. The van der Waals surface area contributed by atoms with Crippen LogP contribution in [0.15, 0.2) is 11.5 Å². The summed E-state index contributed by atoms with van der Waals surface area (Å²) in [5.41, 5.74) is 0.00889. The summed E-state index contributed by atoms with van der Waals surface area (Å²) in [6.07, 6.45) is 9.63. The molecule has 4 fully saturated rings. The van der Waals surface area contributed by atoms with E-state index < -0.39 is 0 Å². The number of hydrogen-bond donors (Lipinski definition) is 0. The van der Waals surface area contributed by atoms with Crippen LogP contribution >= 0.6 is 11.8 Å². The number of rotatable bonds is 7. The molecule has 0 spiro atoms. The van der Waals surface area contributed by atoms with Crippen LogP contribution < -0.4 is 0 Å². The van der Waals surface area contributed by atoms with E-state index in [2.05, 4.69) is 35.0 Å². The summed E-state index contributed by atoms with van der Waals surface area (Å²) in [5.74, 6) is 2.88. The van der Waals surface area contributed by atoms with Crippen LogP contribution in [0.5, 0.6) is 0 Å². The van der Waals surface area contributed by atoms with E-state index >= 15 is 0 Å². The van der Waals surface area contributed by atoms with Gasteiger partial charge in [-0.05, 0) is 70.1 Å². The Hall–Kier alpha value is -1.55. The minimum Gasteiger partial charge on any atom is -0.335 e. The molecule has 4 aliphatic rings. The quantitative estimate of drug-likeness (QED) is 0.668. The first-order valence-corrected chi connectivity index (χ1v) is 11.2. The lowest BCUT2D eigenvalue weighted by atomic mass is 9.52. The van der Waals surface area contributed by atoms with Crippen molar-refractivity contribution >= 4 is 17.7 Å². The maximum atomic E-state index is 13.3. The molecule has 1 aromatic heterocycles. The number of hydrogen-bond acceptors (Lipinski definition) is 5. The summed E-state index contributed by atoms with van der Waals surface area (Å²) in [6, 6.07) is 2.53. The van der Waals surface area contributed by atoms with Gasteiger partial charge in [-0.2, -0.15) is 5.26 Å². The number of thioether (sulfide) groups is 1. The van der Waals surface area contributed by atoms with Crippen molar-refractivity contribution in [2.45, 2.75) is 75.5 Å². The number of carbonyl (C=O) groups is 1. The van der Waals surface area contributed by atoms with Crippen molar-refractivity contribution in [2.75, 3.05) is 12.3 Å². The molecule has 4 aliphatic carbocycles. The summed E-state index contributed by atoms with van der Waals surface area (Å²) < 4.78 is 2.00. The maximum Gasteiger partial charge on any atom is 0.233 e. The molecule has 0 aromatic carbocycles. The third kappa shape index (κ3) is 3.61. The average molecular weight is 388 g/mol. The van der Waals surface area contributed by atoms with Gasteiger partial charge in [0, 0.05) is 18.1 Å². The highest BCUT2D eigenvalue weighted by atomic mass is 32.2. The number of aromatic nitrogens is 3. The Morgan fingerprint density at radius 1 is 1.33 bits per heavy atom. The van der Waals surface area contributed by atoms with E-state index in [9.17, 15) is 4.79 Å². The first-order valence-electron chi connectivity index (χ1n) is 10.2. The highest BCUT2D eigenvalue weighted by molar-refractivity contribution is 7.99. The molecule has 0 aliphatic heterocycles. The molecule has 4 saturated carbocycles. The van der Waals surface area contributed by atoms with E-state index in [1.54, 1.807) is 6.33 Å². The molecule has 1 heterocycles. The van der Waals surface area contributed by atoms with Crippen molar-refractivity contribution < 1.29 is 4.79 Å². The third-order valence-electron chi connectivity index (χ3n) is 6.75. The molecule has 5 rings (SSSR count). The van der Waals surface area contributed by atoms with Crippen molar-refractivity contribution in [3.05, 3.63) is 6.33 Å². The lowest BCUT2D eigenvalue weighted by Crippen LogP contribution is -2.62. The van der Waals surface area contributed by atoms with Crippen LogP contribution in [0.3, 0.4) is 0 Å². The fourth-order valence-corrected chi connectivity index (χ4v) is 7.00. The van der Waals surface area contributed by atoms with Crippen molar-refractivity contribution in [3.63, 3.8) is 0 Å². The van der Waals surface area contributed by atoms with Crippen LogP contribution in [-0.4, -0.2) is 43.4 Å². The van der Waals surface area contributed by atoms with Gasteiger partial charge in [0.15, 0.2) is 5.16 Å². The molecule has 27 heavy (non-hydrogen) atoms. The smallest absolute Gasteiger partial charge is 0.233 e. The maximum absolute atomic E-state index is 13.3. The number of nitriles is 1. The zero-order chi connectivity index (χ0) is 19.0. The van der Waals surface area contributed by atoms with Gasteiger partial charge in [-0.25, -0.2) is 0 Å². The Bertz CT molecular complexity index is 702. The molecular weight excluding hydrogens is 358 g/mol. The Morgan fingerprint density at radius 2 is 1.96 bits per heavy atom. The van der Waals surface area contributed by atoms with Crippen LogP contribution in [0.2, 0.25) is 0 Å². The van der Waals surface area contributed by atoms with Gasteiger partial charge in [-0.1, -0.05) is 11.8 Å². The van der Waals surface area contributed by atoms with E-state index in [0.717, 1.165) is 42.2 Å². The largest absolute Gasteiger partial charge is 0.335 e. The number of amides is 1. The predicted molar refractivity (Wildman–Crippen MR) is 104 cm³/mol. The van der Waals surface area contributed by atoms with Crippen molar-refractivity contribution in [3.8, 4) is 6.07 Å². The molecule has 0 N–H and O–H groups in total. The predicted octanol–water partition coefficient (Wildman–Crippen LogP) is 3.66. The highest BCUT2D eigenvalue weighted by Gasteiger charge is 2.54. The molecule has 1 amide bonds. The van der Waals surface area contributed by atoms with Gasteiger partial charge in [0.2, 0.25) is 5.91 Å². The van der Waals surface area contributed by atoms with Crippen molar-refractivity contribution in [2.24, 2.45) is 17.8 Å². The van der Waals surface area contributed by atoms with Gasteiger partial charge < -0.3 is 9.47 Å². The standard InChI is InChI=1S/C20H29N5OS/c1-14(2)24-13-22-23-19(24)27-12-18(26)25(5-3-4-21)20-9-15-6-16(10-20)8-17(7-15)11-20/h13-17H,3,5-12H2,1-2H3.